The molecule has 0 unspecified atom stereocenters. The summed E-state index contributed by atoms with van der Waals surface area (Å²) >= 11 is 1.53. The lowest BCUT2D eigenvalue weighted by Crippen LogP contribution is -2.11. The van der Waals surface area contributed by atoms with Gasteiger partial charge in [0.1, 0.15) is 10.7 Å². The first-order valence-corrected chi connectivity index (χ1v) is 7.38. The fourth-order valence-corrected chi connectivity index (χ4v) is 2.91. The highest BCUT2D eigenvalue weighted by Crippen LogP contribution is 2.29. The zero-order chi connectivity index (χ0) is 13.7. The van der Waals surface area contributed by atoms with Crippen molar-refractivity contribution in [2.24, 2.45) is 0 Å². The molecule has 2 heterocycles. The van der Waals surface area contributed by atoms with Crippen LogP contribution in [0.25, 0.3) is 10.7 Å². The Bertz CT molecular complexity index is 539. The minimum Gasteiger partial charge on any atom is -0.312 e. The molecule has 2 rings (SSSR count). The highest BCUT2D eigenvalue weighted by molar-refractivity contribution is 7.15. The number of halogens is 1. The van der Waals surface area contributed by atoms with E-state index in [4.69, 9.17) is 0 Å². The Morgan fingerprint density at radius 2 is 2.21 bits per heavy atom. The number of hydrogen-bond acceptors (Lipinski definition) is 4. The SMILES string of the molecule is CCCc1nc(-c2ncccc2F)sc1CNCC. The van der Waals surface area contributed by atoms with Crippen molar-refractivity contribution in [1.82, 2.24) is 15.3 Å². The molecule has 3 nitrogen and oxygen atoms in total. The molecule has 1 N–H and O–H groups in total. The summed E-state index contributed by atoms with van der Waals surface area (Å²) in [5, 5.41) is 3.97. The van der Waals surface area contributed by atoms with Gasteiger partial charge in [0.15, 0.2) is 5.82 Å². The second kappa shape index (κ2) is 6.73. The van der Waals surface area contributed by atoms with Crippen LogP contribution >= 0.6 is 11.3 Å². The number of rotatable bonds is 6. The Kier molecular flexibility index (Phi) is 4.99. The number of nitrogens with zero attached hydrogens (tertiary/aromatic N) is 2. The molecule has 0 aromatic carbocycles. The van der Waals surface area contributed by atoms with Gasteiger partial charge in [0, 0.05) is 17.6 Å². The van der Waals surface area contributed by atoms with Crippen LogP contribution < -0.4 is 5.32 Å². The lowest BCUT2D eigenvalue weighted by atomic mass is 10.2. The van der Waals surface area contributed by atoms with Crippen molar-refractivity contribution in [3.8, 4) is 10.7 Å². The third-order valence-electron chi connectivity index (χ3n) is 2.76. The molecule has 0 spiro atoms. The van der Waals surface area contributed by atoms with E-state index < -0.39 is 0 Å². The number of aryl methyl sites for hydroxylation is 1. The molecule has 0 saturated heterocycles. The van der Waals surface area contributed by atoms with Crippen LogP contribution in [0, 0.1) is 5.82 Å². The van der Waals surface area contributed by atoms with Crippen molar-refractivity contribution >= 4 is 11.3 Å². The summed E-state index contributed by atoms with van der Waals surface area (Å²) in [5.41, 5.74) is 1.42. The van der Waals surface area contributed by atoms with E-state index in [1.165, 1.54) is 22.3 Å². The predicted octanol–water partition coefficient (Wildman–Crippen LogP) is 3.41. The molecule has 102 valence electrons. The van der Waals surface area contributed by atoms with E-state index in [2.05, 4.69) is 29.1 Å². The van der Waals surface area contributed by atoms with Gasteiger partial charge in [0.25, 0.3) is 0 Å². The Balaban J connectivity index is 2.34. The largest absolute Gasteiger partial charge is 0.312 e. The lowest BCUT2D eigenvalue weighted by molar-refractivity contribution is 0.625. The van der Waals surface area contributed by atoms with Crippen LogP contribution in [0.5, 0.6) is 0 Å². The van der Waals surface area contributed by atoms with Gasteiger partial charge in [-0.3, -0.25) is 4.98 Å². The van der Waals surface area contributed by atoms with Gasteiger partial charge >= 0.3 is 0 Å². The molecule has 2 aromatic rings. The summed E-state index contributed by atoms with van der Waals surface area (Å²) < 4.78 is 13.7. The fraction of sp³-hybridized carbons (Fsp3) is 0.429. The van der Waals surface area contributed by atoms with E-state index in [9.17, 15) is 4.39 Å². The standard InChI is InChI=1S/C14H18FN3S/c1-3-6-11-12(9-16-4-2)19-14(18-11)13-10(15)7-5-8-17-13/h5,7-8,16H,3-4,6,9H2,1-2H3. The van der Waals surface area contributed by atoms with Crippen molar-refractivity contribution < 1.29 is 4.39 Å². The predicted molar refractivity (Wildman–Crippen MR) is 76.7 cm³/mol. The molecule has 0 aliphatic heterocycles. The van der Waals surface area contributed by atoms with Crippen LogP contribution in [0.2, 0.25) is 0 Å². The van der Waals surface area contributed by atoms with Gasteiger partial charge in [-0.25, -0.2) is 9.37 Å². The van der Waals surface area contributed by atoms with Gasteiger partial charge in [-0.2, -0.15) is 0 Å². The van der Waals surface area contributed by atoms with Crippen LogP contribution in [0.3, 0.4) is 0 Å². The summed E-state index contributed by atoms with van der Waals surface area (Å²) in [6.45, 7) is 5.89. The normalized spacial score (nSPS) is 10.9. The Morgan fingerprint density at radius 1 is 1.37 bits per heavy atom. The zero-order valence-corrected chi connectivity index (χ0v) is 12.1. The van der Waals surface area contributed by atoms with Crippen molar-refractivity contribution in [1.29, 1.82) is 0 Å². The molecular weight excluding hydrogens is 261 g/mol. The number of thiazole rings is 1. The van der Waals surface area contributed by atoms with Crippen LogP contribution in [0.1, 0.15) is 30.8 Å². The lowest BCUT2D eigenvalue weighted by Gasteiger charge is -2.00. The van der Waals surface area contributed by atoms with Gasteiger partial charge in [-0.05, 0) is 25.1 Å². The van der Waals surface area contributed by atoms with Crippen LogP contribution in [-0.4, -0.2) is 16.5 Å². The van der Waals surface area contributed by atoms with E-state index in [0.717, 1.165) is 31.6 Å². The first-order valence-electron chi connectivity index (χ1n) is 6.56. The maximum atomic E-state index is 13.7. The maximum absolute atomic E-state index is 13.7. The van der Waals surface area contributed by atoms with Crippen molar-refractivity contribution in [3.05, 3.63) is 34.7 Å². The molecule has 0 amide bonds. The molecule has 5 heteroatoms. The van der Waals surface area contributed by atoms with E-state index in [1.54, 1.807) is 12.3 Å². The second-order valence-corrected chi connectivity index (χ2v) is 5.34. The van der Waals surface area contributed by atoms with Crippen molar-refractivity contribution in [2.45, 2.75) is 33.2 Å². The monoisotopic (exact) mass is 279 g/mol. The summed E-state index contributed by atoms with van der Waals surface area (Å²) in [5.74, 6) is -0.311. The summed E-state index contributed by atoms with van der Waals surface area (Å²) in [6, 6.07) is 3.02. The van der Waals surface area contributed by atoms with Gasteiger partial charge in [0.05, 0.1) is 5.69 Å². The Labute approximate surface area is 116 Å². The van der Waals surface area contributed by atoms with Crippen LogP contribution in [-0.2, 0) is 13.0 Å². The first-order chi connectivity index (χ1) is 9.26. The number of pyridine rings is 1. The summed E-state index contributed by atoms with van der Waals surface area (Å²) in [6.07, 6.45) is 3.56. The van der Waals surface area contributed by atoms with E-state index in [0.29, 0.717) is 10.7 Å². The highest BCUT2D eigenvalue weighted by atomic mass is 32.1. The Morgan fingerprint density at radius 3 is 2.89 bits per heavy atom. The molecule has 0 aliphatic carbocycles. The average molecular weight is 279 g/mol. The number of hydrogen-bond donors (Lipinski definition) is 1. The van der Waals surface area contributed by atoms with Crippen LogP contribution in [0.15, 0.2) is 18.3 Å². The summed E-state index contributed by atoms with van der Waals surface area (Å²) in [7, 11) is 0. The fourth-order valence-electron chi connectivity index (χ4n) is 1.84. The average Bonchev–Trinajstić information content (AvgIpc) is 2.80. The van der Waals surface area contributed by atoms with Crippen molar-refractivity contribution in [2.75, 3.05) is 6.54 Å². The van der Waals surface area contributed by atoms with Gasteiger partial charge in [-0.15, -0.1) is 11.3 Å². The molecule has 0 radical (unpaired) electrons. The quantitative estimate of drug-likeness (QED) is 0.880. The molecular formula is C14H18FN3S. The minimum atomic E-state index is -0.311. The topological polar surface area (TPSA) is 37.8 Å². The zero-order valence-electron chi connectivity index (χ0n) is 11.2. The van der Waals surface area contributed by atoms with E-state index >= 15 is 0 Å². The molecule has 2 aromatic heterocycles. The van der Waals surface area contributed by atoms with Gasteiger partial charge in [0.2, 0.25) is 0 Å². The highest BCUT2D eigenvalue weighted by Gasteiger charge is 2.15. The molecule has 0 bridgehead atoms. The van der Waals surface area contributed by atoms with Crippen LogP contribution in [0.4, 0.5) is 4.39 Å². The summed E-state index contributed by atoms with van der Waals surface area (Å²) in [4.78, 5) is 9.84. The first kappa shape index (κ1) is 14.1. The third kappa shape index (κ3) is 3.36. The Hall–Kier alpha value is -1.33. The number of nitrogens with one attached hydrogen (secondary N) is 1. The minimum absolute atomic E-state index is 0.311. The van der Waals surface area contributed by atoms with Crippen molar-refractivity contribution in [3.63, 3.8) is 0 Å². The van der Waals surface area contributed by atoms with Gasteiger partial charge < -0.3 is 5.32 Å². The molecule has 19 heavy (non-hydrogen) atoms. The smallest absolute Gasteiger partial charge is 0.151 e. The molecule has 0 aliphatic rings. The third-order valence-corrected chi connectivity index (χ3v) is 3.87. The molecule has 0 atom stereocenters. The molecule has 0 fully saturated rings. The van der Waals surface area contributed by atoms with E-state index in [1.807, 2.05) is 0 Å². The van der Waals surface area contributed by atoms with E-state index in [-0.39, 0.29) is 5.82 Å². The molecule has 0 saturated carbocycles. The number of aromatic nitrogens is 2. The maximum Gasteiger partial charge on any atom is 0.151 e. The van der Waals surface area contributed by atoms with Gasteiger partial charge in [-0.1, -0.05) is 20.3 Å². The second-order valence-electron chi connectivity index (χ2n) is 4.25.